The van der Waals surface area contributed by atoms with Gasteiger partial charge in [-0.05, 0) is 10.4 Å². The van der Waals surface area contributed by atoms with Crippen molar-refractivity contribution in [2.24, 2.45) is 16.9 Å². The third kappa shape index (κ3) is 6.11. The van der Waals surface area contributed by atoms with E-state index in [0.29, 0.717) is 11.8 Å². The van der Waals surface area contributed by atoms with E-state index in [4.69, 9.17) is 5.53 Å². The van der Waals surface area contributed by atoms with E-state index >= 15 is 0 Å². The average molecular weight is 167 g/mol. The Morgan fingerprint density at radius 3 is 1.83 bits per heavy atom. The lowest BCUT2D eigenvalue weighted by molar-refractivity contribution is 0.689. The lowest BCUT2D eigenvalue weighted by Gasteiger charge is -2.11. The molecule has 0 heterocycles. The van der Waals surface area contributed by atoms with Crippen LogP contribution in [0.25, 0.3) is 10.4 Å². The Morgan fingerprint density at radius 2 is 1.58 bits per heavy atom. The minimum atomic E-state index is 0.190. The van der Waals surface area contributed by atoms with Crippen molar-refractivity contribution >= 4 is 6.85 Å². The highest BCUT2D eigenvalue weighted by Crippen LogP contribution is 2.15. The van der Waals surface area contributed by atoms with Crippen LogP contribution in [0.5, 0.6) is 0 Å². The van der Waals surface area contributed by atoms with Crippen LogP contribution in [-0.4, -0.2) is 6.85 Å². The lowest BCUT2D eigenvalue weighted by Crippen LogP contribution is -2.14. The topological polar surface area (TPSA) is 48.8 Å². The van der Waals surface area contributed by atoms with Gasteiger partial charge in [0.1, 0.15) is 0 Å². The van der Waals surface area contributed by atoms with Gasteiger partial charge in [0.05, 0.1) is 0 Å². The van der Waals surface area contributed by atoms with E-state index < -0.39 is 0 Å². The van der Waals surface area contributed by atoms with Gasteiger partial charge in [-0.15, -0.1) is 5.03 Å². The number of rotatable bonds is 5. The third-order valence-electron chi connectivity index (χ3n) is 1.70. The number of hydrogen-bond donors (Lipinski definition) is 0. The predicted octanol–water partition coefficient (Wildman–Crippen LogP) is 3.60. The molecule has 3 nitrogen and oxygen atoms in total. The van der Waals surface area contributed by atoms with E-state index in [9.17, 15) is 0 Å². The number of hydrogen-bond acceptors (Lipinski definition) is 1. The van der Waals surface area contributed by atoms with Crippen LogP contribution in [0.2, 0.25) is 12.6 Å². The quantitative estimate of drug-likeness (QED) is 0.260. The van der Waals surface area contributed by atoms with Crippen molar-refractivity contribution in [1.82, 2.24) is 0 Å². The second-order valence-electron chi connectivity index (χ2n) is 4.12. The van der Waals surface area contributed by atoms with Gasteiger partial charge in [-0.2, -0.15) is 0 Å². The fourth-order valence-corrected chi connectivity index (χ4v) is 1.35. The van der Waals surface area contributed by atoms with Crippen LogP contribution < -0.4 is 0 Å². The molecule has 0 aliphatic heterocycles. The molecule has 0 rings (SSSR count). The van der Waals surface area contributed by atoms with Gasteiger partial charge >= 0.3 is 0 Å². The first-order valence-corrected chi connectivity index (χ1v) is 4.60. The van der Waals surface area contributed by atoms with Gasteiger partial charge in [0.15, 0.2) is 0 Å². The van der Waals surface area contributed by atoms with Crippen LogP contribution in [-0.2, 0) is 0 Å². The summed E-state index contributed by atoms with van der Waals surface area (Å²) in [6.45, 7) is 8.80. The van der Waals surface area contributed by atoms with Crippen molar-refractivity contribution in [1.29, 1.82) is 0 Å². The maximum absolute atomic E-state index is 8.32. The molecule has 0 atom stereocenters. The monoisotopic (exact) mass is 167 g/mol. The van der Waals surface area contributed by atoms with Crippen LogP contribution in [0.3, 0.4) is 0 Å². The molecule has 0 N–H and O–H groups in total. The van der Waals surface area contributed by atoms with E-state index in [1.807, 2.05) is 0 Å². The third-order valence-corrected chi connectivity index (χ3v) is 1.70. The zero-order valence-electron chi connectivity index (χ0n) is 8.49. The average Bonchev–Trinajstić information content (AvgIpc) is 1.84. The van der Waals surface area contributed by atoms with Gasteiger partial charge in [-0.3, -0.25) is 0 Å². The molecule has 0 unspecified atom stereocenters. The Morgan fingerprint density at radius 1 is 1.17 bits per heavy atom. The summed E-state index contributed by atoms with van der Waals surface area (Å²) in [4.78, 5) is 2.87. The molecule has 0 aromatic rings. The summed E-state index contributed by atoms with van der Waals surface area (Å²) in [6.07, 6.45) is 2.00. The molecule has 0 radical (unpaired) electrons. The number of nitrogens with zero attached hydrogens (tertiary/aromatic N) is 3. The Hall–Kier alpha value is -0.625. The highest BCUT2D eigenvalue weighted by Gasteiger charge is 2.14. The van der Waals surface area contributed by atoms with Gasteiger partial charge in [0.25, 0.3) is 0 Å². The molecule has 0 aliphatic carbocycles. The predicted molar refractivity (Wildman–Crippen MR) is 54.2 cm³/mol. The summed E-state index contributed by atoms with van der Waals surface area (Å²) in [6, 6.07) is 0. The SMILES string of the molecule is CC(C)CB(CC(C)C)N=[N+]=[N-]. The molecule has 68 valence electrons. The maximum Gasteiger partial charge on any atom is 0.243 e. The second-order valence-corrected chi connectivity index (χ2v) is 4.12. The summed E-state index contributed by atoms with van der Waals surface area (Å²) in [5.41, 5.74) is 8.32. The van der Waals surface area contributed by atoms with Crippen molar-refractivity contribution in [2.45, 2.75) is 40.3 Å². The highest BCUT2D eigenvalue weighted by molar-refractivity contribution is 6.56. The molecule has 0 saturated heterocycles. The first-order valence-electron chi connectivity index (χ1n) is 4.60. The molecule has 0 bridgehead atoms. The summed E-state index contributed by atoms with van der Waals surface area (Å²) in [5.74, 6) is 1.22. The second kappa shape index (κ2) is 5.95. The van der Waals surface area contributed by atoms with Crippen molar-refractivity contribution in [3.63, 3.8) is 0 Å². The fourth-order valence-electron chi connectivity index (χ4n) is 1.35. The summed E-state index contributed by atoms with van der Waals surface area (Å²) >= 11 is 0. The van der Waals surface area contributed by atoms with E-state index in [1.54, 1.807) is 0 Å². The Kier molecular flexibility index (Phi) is 5.64. The Bertz CT molecular complexity index is 152. The number of azide groups is 1. The van der Waals surface area contributed by atoms with E-state index in [2.05, 4.69) is 37.6 Å². The Balaban J connectivity index is 3.95. The Labute approximate surface area is 75.3 Å². The molecular formula is C8H18BN3. The van der Waals surface area contributed by atoms with Crippen molar-refractivity contribution in [2.75, 3.05) is 0 Å². The fraction of sp³-hybridized carbons (Fsp3) is 1.00. The van der Waals surface area contributed by atoms with Gasteiger partial charge in [-0.25, -0.2) is 0 Å². The first kappa shape index (κ1) is 11.4. The zero-order valence-corrected chi connectivity index (χ0v) is 8.49. The largest absolute Gasteiger partial charge is 0.243 e. The van der Waals surface area contributed by atoms with Crippen LogP contribution in [0, 0.1) is 11.8 Å². The first-order chi connectivity index (χ1) is 5.56. The minimum absolute atomic E-state index is 0.190. The van der Waals surface area contributed by atoms with Crippen LogP contribution in [0.15, 0.2) is 5.03 Å². The van der Waals surface area contributed by atoms with Gasteiger partial charge in [0.2, 0.25) is 6.85 Å². The summed E-state index contributed by atoms with van der Waals surface area (Å²) in [7, 11) is 0. The van der Waals surface area contributed by atoms with Gasteiger partial charge in [-0.1, -0.05) is 52.2 Å². The van der Waals surface area contributed by atoms with Crippen molar-refractivity contribution < 1.29 is 0 Å². The molecular weight excluding hydrogens is 149 g/mol. The van der Waals surface area contributed by atoms with E-state index in [-0.39, 0.29) is 6.85 Å². The lowest BCUT2D eigenvalue weighted by atomic mass is 9.53. The summed E-state index contributed by atoms with van der Waals surface area (Å²) < 4.78 is 0. The molecule has 0 aromatic heterocycles. The van der Waals surface area contributed by atoms with Crippen molar-refractivity contribution in [3.05, 3.63) is 10.4 Å². The van der Waals surface area contributed by atoms with E-state index in [1.165, 1.54) is 0 Å². The smallest absolute Gasteiger partial charge is 0.148 e. The molecule has 0 aromatic carbocycles. The van der Waals surface area contributed by atoms with Crippen LogP contribution in [0.4, 0.5) is 0 Å². The zero-order chi connectivity index (χ0) is 9.56. The van der Waals surface area contributed by atoms with E-state index in [0.717, 1.165) is 12.6 Å². The van der Waals surface area contributed by atoms with Crippen molar-refractivity contribution in [3.8, 4) is 0 Å². The highest BCUT2D eigenvalue weighted by atomic mass is 15.1. The maximum atomic E-state index is 8.32. The molecule has 0 spiro atoms. The molecule has 0 amide bonds. The van der Waals surface area contributed by atoms with Crippen LogP contribution in [0.1, 0.15) is 27.7 Å². The normalized spacial score (nSPS) is 10.2. The van der Waals surface area contributed by atoms with Gasteiger partial charge in [0, 0.05) is 0 Å². The molecule has 0 aliphatic rings. The van der Waals surface area contributed by atoms with Crippen LogP contribution >= 0.6 is 0 Å². The molecule has 4 heteroatoms. The standard InChI is InChI=1S/C8H18BN3/c1-7(2)5-9(11-12-10)6-8(3)4/h7-8H,5-6H2,1-4H3. The molecule has 0 fully saturated rings. The molecule has 12 heavy (non-hydrogen) atoms. The minimum Gasteiger partial charge on any atom is -0.148 e. The summed E-state index contributed by atoms with van der Waals surface area (Å²) in [5, 5.41) is 3.78. The molecule has 0 saturated carbocycles. The van der Waals surface area contributed by atoms with Gasteiger partial charge < -0.3 is 0 Å².